The third kappa shape index (κ3) is 3.31. The summed E-state index contributed by atoms with van der Waals surface area (Å²) in [5.41, 5.74) is -0.148. The number of methoxy groups -OCH3 is 1. The average molecular weight is 251 g/mol. The van der Waals surface area contributed by atoms with Gasteiger partial charge >= 0.3 is 11.7 Å². The summed E-state index contributed by atoms with van der Waals surface area (Å²) in [6.45, 7) is 1.93. The van der Waals surface area contributed by atoms with Crippen molar-refractivity contribution in [2.24, 2.45) is 0 Å². The normalized spacial score (nSPS) is 10.3. The van der Waals surface area contributed by atoms with Crippen molar-refractivity contribution in [2.45, 2.75) is 6.92 Å². The van der Waals surface area contributed by atoms with Gasteiger partial charge in [0.2, 0.25) is 0 Å². The summed E-state index contributed by atoms with van der Waals surface area (Å²) in [7, 11) is 1.33. The monoisotopic (exact) mass is 251 g/mol. The Balaban J connectivity index is 2.93. The van der Waals surface area contributed by atoms with Crippen molar-refractivity contribution in [3.05, 3.63) is 46.0 Å². The van der Waals surface area contributed by atoms with E-state index in [0.29, 0.717) is 0 Å². The maximum Gasteiger partial charge on any atom is 0.338 e. The van der Waals surface area contributed by atoms with E-state index in [-0.39, 0.29) is 23.6 Å². The number of esters is 1. The first-order valence-electron chi connectivity index (χ1n) is 5.21. The van der Waals surface area contributed by atoms with Crippen molar-refractivity contribution in [3.8, 4) is 5.75 Å². The highest BCUT2D eigenvalue weighted by Crippen LogP contribution is 2.27. The van der Waals surface area contributed by atoms with E-state index >= 15 is 0 Å². The fraction of sp³-hybridized carbons (Fsp3) is 0.250. The third-order valence-electron chi connectivity index (χ3n) is 2.16. The molecule has 1 rings (SSSR count). The molecule has 0 unspecified atom stereocenters. The lowest BCUT2D eigenvalue weighted by Crippen LogP contribution is -2.06. The molecule has 0 aliphatic heterocycles. The number of ether oxygens (including phenoxy) is 2. The van der Waals surface area contributed by atoms with Crippen LogP contribution in [0.4, 0.5) is 5.69 Å². The predicted molar refractivity (Wildman–Crippen MR) is 64.7 cm³/mol. The third-order valence-corrected chi connectivity index (χ3v) is 2.16. The summed E-state index contributed by atoms with van der Waals surface area (Å²) in [6, 6.07) is 3.92. The number of carbonyl (C=O) groups is 1. The molecule has 0 fully saturated rings. The van der Waals surface area contributed by atoms with Crippen molar-refractivity contribution in [1.82, 2.24) is 0 Å². The fourth-order valence-corrected chi connectivity index (χ4v) is 1.26. The molecule has 0 aromatic heterocycles. The summed E-state index contributed by atoms with van der Waals surface area (Å²) in [5, 5.41) is 10.8. The minimum absolute atomic E-state index is 0.102. The molecule has 0 atom stereocenters. The molecule has 0 spiro atoms. The summed E-state index contributed by atoms with van der Waals surface area (Å²) in [6.07, 6.45) is 3.40. The molecule has 0 radical (unpaired) electrons. The lowest BCUT2D eigenvalue weighted by atomic mass is 10.2. The molecule has 6 heteroatoms. The Kier molecular flexibility index (Phi) is 4.86. The number of hydrogen-bond donors (Lipinski definition) is 0. The lowest BCUT2D eigenvalue weighted by molar-refractivity contribution is -0.385. The van der Waals surface area contributed by atoms with Gasteiger partial charge in [-0.15, -0.1) is 0 Å². The van der Waals surface area contributed by atoms with Gasteiger partial charge in [0.15, 0.2) is 5.75 Å². The van der Waals surface area contributed by atoms with Crippen LogP contribution >= 0.6 is 0 Å². The molecule has 0 N–H and O–H groups in total. The molecule has 6 nitrogen and oxygen atoms in total. The molecule has 0 amide bonds. The quantitative estimate of drug-likeness (QED) is 0.347. The minimum Gasteiger partial charge on any atom is -0.490 e. The Bertz CT molecular complexity index is 481. The van der Waals surface area contributed by atoms with Crippen LogP contribution in [0.2, 0.25) is 0 Å². The van der Waals surface area contributed by atoms with Crippen molar-refractivity contribution in [1.29, 1.82) is 0 Å². The average Bonchev–Trinajstić information content (AvgIpc) is 2.38. The molecule has 0 heterocycles. The fourth-order valence-electron chi connectivity index (χ4n) is 1.26. The second-order valence-corrected chi connectivity index (χ2v) is 3.31. The maximum absolute atomic E-state index is 11.6. The molecule has 18 heavy (non-hydrogen) atoms. The van der Waals surface area contributed by atoms with Crippen LogP contribution in [-0.4, -0.2) is 24.6 Å². The molecule has 1 aromatic rings. The van der Waals surface area contributed by atoms with Crippen LogP contribution < -0.4 is 4.74 Å². The van der Waals surface area contributed by atoms with Gasteiger partial charge in [-0.05, 0) is 19.1 Å². The summed E-state index contributed by atoms with van der Waals surface area (Å²) in [4.78, 5) is 21.7. The molecular weight excluding hydrogens is 238 g/mol. The largest absolute Gasteiger partial charge is 0.490 e. The number of rotatable bonds is 5. The first kappa shape index (κ1) is 13.7. The standard InChI is InChI=1S/C12H13NO5/c1-3-4-7-18-12(14)9-5-6-11(17-2)10(8-9)13(15)16/h3-6,8H,7H2,1-2H3/b4-3+. The lowest BCUT2D eigenvalue weighted by Gasteiger charge is -2.04. The molecule has 0 bridgehead atoms. The van der Waals surface area contributed by atoms with Gasteiger partial charge in [-0.2, -0.15) is 0 Å². The van der Waals surface area contributed by atoms with E-state index in [1.54, 1.807) is 19.1 Å². The Morgan fingerprint density at radius 2 is 2.22 bits per heavy atom. The minimum atomic E-state index is -0.612. The van der Waals surface area contributed by atoms with Gasteiger partial charge in [-0.1, -0.05) is 12.2 Å². The van der Waals surface area contributed by atoms with Crippen molar-refractivity contribution < 1.29 is 19.2 Å². The Labute approximate surface area is 104 Å². The maximum atomic E-state index is 11.6. The highest BCUT2D eigenvalue weighted by atomic mass is 16.6. The highest BCUT2D eigenvalue weighted by molar-refractivity contribution is 5.90. The molecular formula is C12H13NO5. The highest BCUT2D eigenvalue weighted by Gasteiger charge is 2.18. The SMILES string of the molecule is C/C=C/COC(=O)c1ccc(OC)c([N+](=O)[O-])c1. The van der Waals surface area contributed by atoms with E-state index in [4.69, 9.17) is 9.47 Å². The molecule has 1 aromatic carbocycles. The molecule has 96 valence electrons. The van der Waals surface area contributed by atoms with E-state index in [0.717, 1.165) is 6.07 Å². The number of carbonyl (C=O) groups excluding carboxylic acids is 1. The van der Waals surface area contributed by atoms with Crippen LogP contribution in [0.15, 0.2) is 30.4 Å². The second-order valence-electron chi connectivity index (χ2n) is 3.31. The Morgan fingerprint density at radius 1 is 1.50 bits per heavy atom. The van der Waals surface area contributed by atoms with Gasteiger partial charge in [0.25, 0.3) is 0 Å². The number of nitro benzene ring substituents is 1. The van der Waals surface area contributed by atoms with Crippen LogP contribution in [0.3, 0.4) is 0 Å². The number of nitro groups is 1. The molecule has 0 aliphatic rings. The summed E-state index contributed by atoms with van der Waals surface area (Å²) >= 11 is 0. The zero-order valence-electron chi connectivity index (χ0n) is 10.1. The van der Waals surface area contributed by atoms with Crippen LogP contribution in [0.25, 0.3) is 0 Å². The zero-order valence-corrected chi connectivity index (χ0v) is 10.1. The first-order chi connectivity index (χ1) is 8.60. The van der Waals surface area contributed by atoms with E-state index in [1.807, 2.05) is 0 Å². The van der Waals surface area contributed by atoms with E-state index in [9.17, 15) is 14.9 Å². The van der Waals surface area contributed by atoms with Crippen LogP contribution in [0, 0.1) is 10.1 Å². The number of hydrogen-bond acceptors (Lipinski definition) is 5. The Morgan fingerprint density at radius 3 is 2.78 bits per heavy atom. The molecule has 0 aliphatic carbocycles. The van der Waals surface area contributed by atoms with Gasteiger partial charge < -0.3 is 9.47 Å². The van der Waals surface area contributed by atoms with E-state index in [1.165, 1.54) is 19.2 Å². The summed E-state index contributed by atoms with van der Waals surface area (Å²) < 4.78 is 9.72. The number of allylic oxidation sites excluding steroid dienone is 1. The molecule has 0 saturated carbocycles. The van der Waals surface area contributed by atoms with Gasteiger partial charge in [-0.25, -0.2) is 4.79 Å². The van der Waals surface area contributed by atoms with Crippen molar-refractivity contribution >= 4 is 11.7 Å². The number of benzene rings is 1. The van der Waals surface area contributed by atoms with Crippen LogP contribution in [0.1, 0.15) is 17.3 Å². The van der Waals surface area contributed by atoms with Crippen molar-refractivity contribution in [2.75, 3.05) is 13.7 Å². The van der Waals surface area contributed by atoms with Gasteiger partial charge in [-0.3, -0.25) is 10.1 Å². The second kappa shape index (κ2) is 6.39. The van der Waals surface area contributed by atoms with E-state index < -0.39 is 10.9 Å². The van der Waals surface area contributed by atoms with Gasteiger partial charge in [0.05, 0.1) is 17.6 Å². The van der Waals surface area contributed by atoms with Crippen LogP contribution in [0.5, 0.6) is 5.75 Å². The van der Waals surface area contributed by atoms with Gasteiger partial charge in [0, 0.05) is 6.07 Å². The first-order valence-corrected chi connectivity index (χ1v) is 5.21. The topological polar surface area (TPSA) is 78.7 Å². The number of nitrogens with zero attached hydrogens (tertiary/aromatic N) is 1. The smallest absolute Gasteiger partial charge is 0.338 e. The van der Waals surface area contributed by atoms with Crippen LogP contribution in [-0.2, 0) is 4.74 Å². The molecule has 0 saturated heterocycles. The summed E-state index contributed by atoms with van der Waals surface area (Å²) in [5.74, 6) is -0.510. The predicted octanol–water partition coefficient (Wildman–Crippen LogP) is 2.34. The van der Waals surface area contributed by atoms with Gasteiger partial charge in [0.1, 0.15) is 6.61 Å². The van der Waals surface area contributed by atoms with Crippen molar-refractivity contribution in [3.63, 3.8) is 0 Å². The zero-order chi connectivity index (χ0) is 13.5. The Hall–Kier alpha value is -2.37. The van der Waals surface area contributed by atoms with E-state index in [2.05, 4.69) is 0 Å².